The number of nitrogens with two attached hydrogens (primary N) is 1. The highest BCUT2D eigenvalue weighted by Crippen LogP contribution is 2.34. The van der Waals surface area contributed by atoms with E-state index >= 15 is 0 Å². The molecule has 3 unspecified atom stereocenters. The summed E-state index contributed by atoms with van der Waals surface area (Å²) in [6.45, 7) is 2.10. The van der Waals surface area contributed by atoms with Crippen molar-refractivity contribution in [3.05, 3.63) is 18.0 Å². The first-order valence-electron chi connectivity index (χ1n) is 6.29. The van der Waals surface area contributed by atoms with Crippen LogP contribution in [0.1, 0.15) is 44.3 Å². The van der Waals surface area contributed by atoms with Crippen molar-refractivity contribution < 1.29 is 13.2 Å². The second kappa shape index (κ2) is 4.91. The van der Waals surface area contributed by atoms with Crippen LogP contribution >= 0.6 is 0 Å². The molecule has 0 aromatic carbocycles. The van der Waals surface area contributed by atoms with Crippen LogP contribution in [-0.2, 0) is 6.18 Å². The van der Waals surface area contributed by atoms with Crippen LogP contribution in [0, 0.1) is 5.92 Å². The summed E-state index contributed by atoms with van der Waals surface area (Å²) in [4.78, 5) is 0. The van der Waals surface area contributed by atoms with Crippen molar-refractivity contribution in [2.75, 3.05) is 0 Å². The van der Waals surface area contributed by atoms with E-state index in [0.717, 1.165) is 31.7 Å². The normalized spacial score (nSPS) is 29.5. The van der Waals surface area contributed by atoms with Gasteiger partial charge in [-0.05, 0) is 31.2 Å². The van der Waals surface area contributed by atoms with Gasteiger partial charge in [0.15, 0.2) is 5.69 Å². The molecule has 102 valence electrons. The molecule has 0 radical (unpaired) electrons. The third-order valence-electron chi connectivity index (χ3n) is 3.79. The van der Waals surface area contributed by atoms with Gasteiger partial charge in [-0.1, -0.05) is 13.3 Å². The smallest absolute Gasteiger partial charge is 0.326 e. The first-order valence-corrected chi connectivity index (χ1v) is 6.29. The van der Waals surface area contributed by atoms with E-state index in [1.54, 1.807) is 0 Å². The quantitative estimate of drug-likeness (QED) is 0.889. The maximum Gasteiger partial charge on any atom is 0.435 e. The molecule has 0 spiro atoms. The van der Waals surface area contributed by atoms with Gasteiger partial charge < -0.3 is 5.73 Å². The lowest BCUT2D eigenvalue weighted by Crippen LogP contribution is -2.38. The van der Waals surface area contributed by atoms with Gasteiger partial charge in [0.25, 0.3) is 0 Å². The lowest BCUT2D eigenvalue weighted by Gasteiger charge is -2.33. The van der Waals surface area contributed by atoms with Crippen molar-refractivity contribution in [1.82, 2.24) is 9.78 Å². The van der Waals surface area contributed by atoms with Crippen molar-refractivity contribution in [3.63, 3.8) is 0 Å². The molecule has 3 nitrogen and oxygen atoms in total. The number of hydrogen-bond donors (Lipinski definition) is 1. The van der Waals surface area contributed by atoms with Gasteiger partial charge in [0.2, 0.25) is 0 Å². The number of halogens is 3. The van der Waals surface area contributed by atoms with E-state index in [0.29, 0.717) is 5.92 Å². The monoisotopic (exact) mass is 261 g/mol. The van der Waals surface area contributed by atoms with Gasteiger partial charge in [-0.15, -0.1) is 0 Å². The molecule has 2 rings (SSSR count). The molecule has 0 aliphatic heterocycles. The molecule has 1 saturated carbocycles. The van der Waals surface area contributed by atoms with Crippen LogP contribution in [0.2, 0.25) is 0 Å². The van der Waals surface area contributed by atoms with Crippen LogP contribution in [0.5, 0.6) is 0 Å². The molecule has 18 heavy (non-hydrogen) atoms. The van der Waals surface area contributed by atoms with E-state index < -0.39 is 11.9 Å². The van der Waals surface area contributed by atoms with Crippen molar-refractivity contribution in [2.24, 2.45) is 11.7 Å². The van der Waals surface area contributed by atoms with Crippen LogP contribution in [0.25, 0.3) is 0 Å². The Hall–Kier alpha value is -1.04. The molecule has 0 saturated heterocycles. The number of nitrogens with zero attached hydrogens (tertiary/aromatic N) is 2. The van der Waals surface area contributed by atoms with Crippen molar-refractivity contribution in [1.29, 1.82) is 0 Å². The van der Waals surface area contributed by atoms with Crippen LogP contribution in [-0.4, -0.2) is 15.8 Å². The molecule has 6 heteroatoms. The highest BCUT2D eigenvalue weighted by molar-refractivity contribution is 5.05. The Morgan fingerprint density at radius 2 is 2.17 bits per heavy atom. The van der Waals surface area contributed by atoms with Gasteiger partial charge >= 0.3 is 6.18 Å². The summed E-state index contributed by atoms with van der Waals surface area (Å²) >= 11 is 0. The lowest BCUT2D eigenvalue weighted by molar-refractivity contribution is -0.141. The maximum atomic E-state index is 12.5. The molecule has 1 fully saturated rings. The number of hydrogen-bond acceptors (Lipinski definition) is 2. The van der Waals surface area contributed by atoms with Gasteiger partial charge in [0.1, 0.15) is 0 Å². The summed E-state index contributed by atoms with van der Waals surface area (Å²) < 4.78 is 38.9. The zero-order valence-electron chi connectivity index (χ0n) is 10.3. The average Bonchev–Trinajstić information content (AvgIpc) is 2.78. The van der Waals surface area contributed by atoms with Crippen LogP contribution in [0.15, 0.2) is 12.3 Å². The van der Waals surface area contributed by atoms with Crippen LogP contribution in [0.4, 0.5) is 13.2 Å². The zero-order chi connectivity index (χ0) is 13.3. The minimum Gasteiger partial charge on any atom is -0.326 e. The third kappa shape index (κ3) is 2.68. The molecule has 0 bridgehead atoms. The molecule has 1 aromatic heterocycles. The first-order chi connectivity index (χ1) is 8.41. The molecule has 1 aromatic rings. The standard InChI is InChI=1S/C12H18F3N3/c1-2-8-3-4-9(16)10(7-8)18-6-5-11(17-18)12(13,14)15/h5-6,8-10H,2-4,7,16H2,1H3. The topological polar surface area (TPSA) is 43.8 Å². The van der Waals surface area contributed by atoms with Crippen molar-refractivity contribution >= 4 is 0 Å². The fraction of sp³-hybridized carbons (Fsp3) is 0.750. The molecular weight excluding hydrogens is 243 g/mol. The summed E-state index contributed by atoms with van der Waals surface area (Å²) in [5.41, 5.74) is 5.16. The maximum absolute atomic E-state index is 12.5. The zero-order valence-corrected chi connectivity index (χ0v) is 10.3. The average molecular weight is 261 g/mol. The molecule has 0 amide bonds. The second-order valence-electron chi connectivity index (χ2n) is 5.00. The van der Waals surface area contributed by atoms with Gasteiger partial charge in [-0.3, -0.25) is 4.68 Å². The van der Waals surface area contributed by atoms with Crippen LogP contribution in [0.3, 0.4) is 0 Å². The Morgan fingerprint density at radius 3 is 2.72 bits per heavy atom. The first kappa shape index (κ1) is 13.4. The summed E-state index contributed by atoms with van der Waals surface area (Å²) in [5.74, 6) is 0.535. The number of aromatic nitrogens is 2. The predicted molar refractivity (Wildman–Crippen MR) is 61.9 cm³/mol. The molecule has 1 aliphatic carbocycles. The second-order valence-corrected chi connectivity index (χ2v) is 5.00. The Balaban J connectivity index is 2.17. The van der Waals surface area contributed by atoms with E-state index in [9.17, 15) is 13.2 Å². The number of alkyl halides is 3. The molecule has 3 atom stereocenters. The fourth-order valence-electron chi connectivity index (χ4n) is 2.60. The van der Waals surface area contributed by atoms with Gasteiger partial charge in [-0.2, -0.15) is 18.3 Å². The summed E-state index contributed by atoms with van der Waals surface area (Å²) in [7, 11) is 0. The third-order valence-corrected chi connectivity index (χ3v) is 3.79. The van der Waals surface area contributed by atoms with E-state index in [4.69, 9.17) is 5.73 Å². The number of rotatable bonds is 2. The molecule has 1 aliphatic rings. The summed E-state index contributed by atoms with van der Waals surface area (Å²) in [6.07, 6.45) is 0.777. The Bertz CT molecular complexity index is 400. The largest absolute Gasteiger partial charge is 0.435 e. The Kier molecular flexibility index (Phi) is 3.66. The minimum absolute atomic E-state index is 0.103. The Morgan fingerprint density at radius 1 is 1.44 bits per heavy atom. The SMILES string of the molecule is CCC1CCC(N)C(n2ccc(C(F)(F)F)n2)C1. The highest BCUT2D eigenvalue weighted by atomic mass is 19.4. The lowest BCUT2D eigenvalue weighted by atomic mass is 9.81. The fourth-order valence-corrected chi connectivity index (χ4v) is 2.60. The van der Waals surface area contributed by atoms with Gasteiger partial charge in [0, 0.05) is 12.2 Å². The van der Waals surface area contributed by atoms with Crippen molar-refractivity contribution in [3.8, 4) is 0 Å². The summed E-state index contributed by atoms with van der Waals surface area (Å²) in [6, 6.07) is 0.802. The minimum atomic E-state index is -4.38. The van der Waals surface area contributed by atoms with Gasteiger partial charge in [-0.25, -0.2) is 0 Å². The van der Waals surface area contributed by atoms with Gasteiger partial charge in [0.05, 0.1) is 6.04 Å². The van der Waals surface area contributed by atoms with Crippen LogP contribution < -0.4 is 5.73 Å². The van der Waals surface area contributed by atoms with E-state index in [2.05, 4.69) is 12.0 Å². The highest BCUT2D eigenvalue weighted by Gasteiger charge is 2.35. The Labute approximate surface area is 104 Å². The molecule has 2 N–H and O–H groups in total. The molecule has 1 heterocycles. The van der Waals surface area contributed by atoms with E-state index in [1.165, 1.54) is 10.9 Å². The summed E-state index contributed by atoms with van der Waals surface area (Å²) in [5, 5.41) is 3.64. The van der Waals surface area contributed by atoms with E-state index in [-0.39, 0.29) is 12.1 Å². The molecular formula is C12H18F3N3. The predicted octanol–water partition coefficient (Wildman–Crippen LogP) is 2.98. The van der Waals surface area contributed by atoms with Crippen molar-refractivity contribution in [2.45, 2.75) is 50.9 Å². The van der Waals surface area contributed by atoms with E-state index in [1.807, 2.05) is 0 Å².